The summed E-state index contributed by atoms with van der Waals surface area (Å²) in [6.45, 7) is 3.71. The second kappa shape index (κ2) is 6.72. The van der Waals surface area contributed by atoms with E-state index in [-0.39, 0.29) is 12.1 Å². The van der Waals surface area contributed by atoms with Crippen LogP contribution in [-0.4, -0.2) is 35.2 Å². The fourth-order valence-corrected chi connectivity index (χ4v) is 2.51. The number of rotatable bonds is 3. The van der Waals surface area contributed by atoms with E-state index in [4.69, 9.17) is 5.73 Å². The average molecular weight is 277 g/mol. The van der Waals surface area contributed by atoms with E-state index in [9.17, 15) is 9.90 Å². The van der Waals surface area contributed by atoms with E-state index in [1.807, 2.05) is 31.2 Å². The molecule has 0 bridgehead atoms. The number of benzene rings is 1. The lowest BCUT2D eigenvalue weighted by atomic mass is 9.92. The van der Waals surface area contributed by atoms with Gasteiger partial charge in [-0.1, -0.05) is 12.1 Å². The van der Waals surface area contributed by atoms with Gasteiger partial charge in [0.25, 0.3) is 0 Å². The number of anilines is 1. The summed E-state index contributed by atoms with van der Waals surface area (Å²) < 4.78 is 0. The van der Waals surface area contributed by atoms with Gasteiger partial charge in [0.2, 0.25) is 0 Å². The molecule has 1 aliphatic rings. The number of hydrogen-bond donors (Lipinski definition) is 3. The van der Waals surface area contributed by atoms with Crippen molar-refractivity contribution in [3.63, 3.8) is 0 Å². The number of carbonyl (C=O) groups excluding carboxylic acids is 1. The number of nitrogens with one attached hydrogen (secondary N) is 1. The van der Waals surface area contributed by atoms with Gasteiger partial charge in [-0.15, -0.1) is 0 Å². The highest BCUT2D eigenvalue weighted by Gasteiger charge is 2.25. The molecule has 1 saturated heterocycles. The molecule has 1 unspecified atom stereocenters. The Labute approximate surface area is 119 Å². The van der Waals surface area contributed by atoms with Crippen molar-refractivity contribution in [1.82, 2.24) is 4.90 Å². The van der Waals surface area contributed by atoms with Crippen LogP contribution in [0.4, 0.5) is 10.5 Å². The second-order valence-corrected chi connectivity index (χ2v) is 5.40. The predicted octanol–water partition coefficient (Wildman–Crippen LogP) is 1.77. The Morgan fingerprint density at radius 1 is 1.40 bits per heavy atom. The largest absolute Gasteiger partial charge is 0.393 e. The first-order valence-electron chi connectivity index (χ1n) is 7.13. The van der Waals surface area contributed by atoms with Crippen LogP contribution in [0, 0.1) is 5.92 Å². The lowest BCUT2D eigenvalue weighted by Gasteiger charge is -2.33. The number of amides is 2. The Morgan fingerprint density at radius 2 is 2.00 bits per heavy atom. The van der Waals surface area contributed by atoms with Gasteiger partial charge in [0, 0.05) is 25.3 Å². The fourth-order valence-electron chi connectivity index (χ4n) is 2.51. The van der Waals surface area contributed by atoms with Gasteiger partial charge in [0.1, 0.15) is 0 Å². The first-order chi connectivity index (χ1) is 9.60. The number of likely N-dealkylation sites (tertiary alicyclic amines) is 1. The molecule has 2 rings (SSSR count). The van der Waals surface area contributed by atoms with Gasteiger partial charge >= 0.3 is 6.03 Å². The normalized spacial score (nSPS) is 17.9. The van der Waals surface area contributed by atoms with Crippen LogP contribution in [-0.2, 0) is 6.54 Å². The third kappa shape index (κ3) is 3.71. The lowest BCUT2D eigenvalue weighted by molar-refractivity contribution is 0.0820. The summed E-state index contributed by atoms with van der Waals surface area (Å²) in [5.74, 6) is 0.308. The molecule has 5 nitrogen and oxygen atoms in total. The first-order valence-corrected chi connectivity index (χ1v) is 7.13. The SMILES string of the molecule is CC(O)C1CCN(C(=O)Nc2ccc(CN)cc2)CC1. The summed E-state index contributed by atoms with van der Waals surface area (Å²) in [5.41, 5.74) is 7.36. The second-order valence-electron chi connectivity index (χ2n) is 5.40. The zero-order valence-electron chi connectivity index (χ0n) is 11.9. The van der Waals surface area contributed by atoms with E-state index in [0.717, 1.165) is 24.1 Å². The molecular weight excluding hydrogens is 254 g/mol. The molecule has 5 heteroatoms. The van der Waals surface area contributed by atoms with Gasteiger partial charge in [-0.2, -0.15) is 0 Å². The molecule has 0 aromatic heterocycles. The monoisotopic (exact) mass is 277 g/mol. The molecule has 2 amide bonds. The highest BCUT2D eigenvalue weighted by molar-refractivity contribution is 5.89. The molecule has 1 aliphatic heterocycles. The lowest BCUT2D eigenvalue weighted by Crippen LogP contribution is -2.42. The Bertz CT molecular complexity index is 437. The molecule has 0 spiro atoms. The molecule has 0 radical (unpaired) electrons. The molecule has 0 saturated carbocycles. The number of piperidine rings is 1. The van der Waals surface area contributed by atoms with Crippen molar-refractivity contribution in [3.05, 3.63) is 29.8 Å². The van der Waals surface area contributed by atoms with Crippen LogP contribution in [0.5, 0.6) is 0 Å². The van der Waals surface area contributed by atoms with Crippen LogP contribution in [0.15, 0.2) is 24.3 Å². The van der Waals surface area contributed by atoms with Crippen molar-refractivity contribution in [3.8, 4) is 0 Å². The quantitative estimate of drug-likeness (QED) is 0.788. The predicted molar refractivity (Wildman–Crippen MR) is 79.3 cm³/mol. The van der Waals surface area contributed by atoms with E-state index in [1.165, 1.54) is 0 Å². The molecule has 110 valence electrons. The number of hydrogen-bond acceptors (Lipinski definition) is 3. The number of aliphatic hydroxyl groups excluding tert-OH is 1. The highest BCUT2D eigenvalue weighted by Crippen LogP contribution is 2.21. The smallest absolute Gasteiger partial charge is 0.321 e. The maximum atomic E-state index is 12.1. The fraction of sp³-hybridized carbons (Fsp3) is 0.533. The molecule has 1 atom stereocenters. The maximum Gasteiger partial charge on any atom is 0.321 e. The Morgan fingerprint density at radius 3 is 2.50 bits per heavy atom. The number of nitrogens with two attached hydrogens (primary N) is 1. The van der Waals surface area contributed by atoms with Gasteiger partial charge in [0.15, 0.2) is 0 Å². The van der Waals surface area contributed by atoms with Crippen molar-refractivity contribution < 1.29 is 9.90 Å². The molecule has 4 N–H and O–H groups in total. The summed E-state index contributed by atoms with van der Waals surface area (Å²) in [7, 11) is 0. The molecule has 1 fully saturated rings. The summed E-state index contributed by atoms with van der Waals surface area (Å²) in [5, 5.41) is 12.4. The number of carbonyl (C=O) groups is 1. The van der Waals surface area contributed by atoms with Crippen molar-refractivity contribution >= 4 is 11.7 Å². The van der Waals surface area contributed by atoms with E-state index >= 15 is 0 Å². The minimum absolute atomic E-state index is 0.0745. The Kier molecular flexibility index (Phi) is 4.98. The van der Waals surface area contributed by atoms with Gasteiger partial charge in [-0.3, -0.25) is 0 Å². The van der Waals surface area contributed by atoms with Gasteiger partial charge < -0.3 is 21.1 Å². The van der Waals surface area contributed by atoms with Gasteiger partial charge in [0.05, 0.1) is 6.10 Å². The highest BCUT2D eigenvalue weighted by atomic mass is 16.3. The average Bonchev–Trinajstić information content (AvgIpc) is 2.48. The van der Waals surface area contributed by atoms with E-state index < -0.39 is 0 Å². The zero-order chi connectivity index (χ0) is 14.5. The van der Waals surface area contributed by atoms with Crippen molar-refractivity contribution in [2.75, 3.05) is 18.4 Å². The third-order valence-corrected chi connectivity index (χ3v) is 3.95. The van der Waals surface area contributed by atoms with Crippen LogP contribution in [0.1, 0.15) is 25.3 Å². The summed E-state index contributed by atoms with van der Waals surface area (Å²) in [6.07, 6.45) is 1.43. The van der Waals surface area contributed by atoms with Crippen LogP contribution in [0.3, 0.4) is 0 Å². The molecule has 1 aromatic carbocycles. The number of urea groups is 1. The van der Waals surface area contributed by atoms with Gasteiger partial charge in [-0.05, 0) is 43.4 Å². The number of nitrogens with zero attached hydrogens (tertiary/aromatic N) is 1. The minimum atomic E-state index is -0.288. The van der Waals surface area contributed by atoms with Crippen LogP contribution >= 0.6 is 0 Å². The zero-order valence-corrected chi connectivity index (χ0v) is 11.9. The van der Waals surface area contributed by atoms with Crippen LogP contribution in [0.25, 0.3) is 0 Å². The topological polar surface area (TPSA) is 78.6 Å². The van der Waals surface area contributed by atoms with Crippen molar-refractivity contribution in [1.29, 1.82) is 0 Å². The van der Waals surface area contributed by atoms with Crippen LogP contribution < -0.4 is 11.1 Å². The van der Waals surface area contributed by atoms with Crippen molar-refractivity contribution in [2.45, 2.75) is 32.4 Å². The maximum absolute atomic E-state index is 12.1. The summed E-state index contributed by atoms with van der Waals surface area (Å²) in [6, 6.07) is 7.48. The Hall–Kier alpha value is -1.59. The molecule has 1 aromatic rings. The molecular formula is C15H23N3O2. The van der Waals surface area contributed by atoms with E-state index in [1.54, 1.807) is 4.90 Å². The summed E-state index contributed by atoms with van der Waals surface area (Å²) in [4.78, 5) is 13.9. The third-order valence-electron chi connectivity index (χ3n) is 3.95. The van der Waals surface area contributed by atoms with E-state index in [0.29, 0.717) is 25.6 Å². The summed E-state index contributed by atoms with van der Waals surface area (Å²) >= 11 is 0. The Balaban J connectivity index is 1.86. The first kappa shape index (κ1) is 14.8. The van der Waals surface area contributed by atoms with E-state index in [2.05, 4.69) is 5.32 Å². The molecule has 1 heterocycles. The number of aliphatic hydroxyl groups is 1. The standard InChI is InChI=1S/C15H23N3O2/c1-11(19)13-6-8-18(9-7-13)15(20)17-14-4-2-12(10-16)3-5-14/h2-5,11,13,19H,6-10,16H2,1H3,(H,17,20). The molecule has 20 heavy (non-hydrogen) atoms. The van der Waals surface area contributed by atoms with Crippen LogP contribution in [0.2, 0.25) is 0 Å². The molecule has 0 aliphatic carbocycles. The van der Waals surface area contributed by atoms with Crippen molar-refractivity contribution in [2.24, 2.45) is 11.7 Å². The minimum Gasteiger partial charge on any atom is -0.393 e. The van der Waals surface area contributed by atoms with Gasteiger partial charge in [-0.25, -0.2) is 4.79 Å².